The van der Waals surface area contributed by atoms with Gasteiger partial charge < -0.3 is 5.32 Å². The number of hydrogen-bond acceptors (Lipinski definition) is 5. The van der Waals surface area contributed by atoms with E-state index in [1.54, 1.807) is 0 Å². The second-order valence-corrected chi connectivity index (χ2v) is 6.30. The predicted octanol–water partition coefficient (Wildman–Crippen LogP) is 2.29. The summed E-state index contributed by atoms with van der Waals surface area (Å²) in [6, 6.07) is 9.38. The van der Waals surface area contributed by atoms with Crippen molar-refractivity contribution in [3.05, 3.63) is 48.6 Å². The van der Waals surface area contributed by atoms with Crippen molar-refractivity contribution in [2.24, 2.45) is 0 Å². The number of aryl methyl sites for hydroxylation is 1. The Bertz CT molecular complexity index is 966. The van der Waals surface area contributed by atoms with Crippen LogP contribution >= 0.6 is 11.8 Å². The number of rotatable bonds is 5. The van der Waals surface area contributed by atoms with Crippen LogP contribution in [0.4, 0.5) is 4.79 Å². The molecule has 2 aromatic heterocycles. The Morgan fingerprint density at radius 1 is 1.32 bits per heavy atom. The normalized spacial score (nSPS) is 10.8. The molecule has 0 radical (unpaired) electrons. The summed E-state index contributed by atoms with van der Waals surface area (Å²) in [6.45, 7) is 5.82. The van der Waals surface area contributed by atoms with E-state index in [1.165, 1.54) is 17.8 Å². The molecule has 0 spiro atoms. The number of para-hydroxylation sites is 1. The summed E-state index contributed by atoms with van der Waals surface area (Å²) >= 11 is 1.23. The zero-order valence-electron chi connectivity index (χ0n) is 13.7. The highest BCUT2D eigenvalue weighted by Gasteiger charge is 2.14. The van der Waals surface area contributed by atoms with Gasteiger partial charge in [-0.3, -0.25) is 14.5 Å². The summed E-state index contributed by atoms with van der Waals surface area (Å²) in [5.74, 6) is -0.343. The Labute approximate surface area is 148 Å². The predicted molar refractivity (Wildman–Crippen MR) is 97.7 cm³/mol. The first-order chi connectivity index (χ1) is 12.1. The zero-order chi connectivity index (χ0) is 17.8. The number of carbonyl (C=O) groups excluding carboxylic acids is 2. The highest BCUT2D eigenvalue weighted by atomic mass is 32.2. The fourth-order valence-electron chi connectivity index (χ4n) is 2.47. The largest absolute Gasteiger partial charge is 0.334 e. The third kappa shape index (κ3) is 3.63. The van der Waals surface area contributed by atoms with Gasteiger partial charge in [0.05, 0.1) is 11.3 Å². The molecule has 0 aliphatic rings. The van der Waals surface area contributed by atoms with E-state index >= 15 is 0 Å². The summed E-state index contributed by atoms with van der Waals surface area (Å²) in [5.41, 5.74) is 2.82. The first kappa shape index (κ1) is 17.0. The topological polar surface area (TPSA) is 88.4 Å². The number of nitrogens with zero attached hydrogens (tertiary/aromatic N) is 3. The van der Waals surface area contributed by atoms with Crippen molar-refractivity contribution in [3.8, 4) is 0 Å². The van der Waals surface area contributed by atoms with E-state index in [0.29, 0.717) is 11.7 Å². The summed E-state index contributed by atoms with van der Waals surface area (Å²) in [7, 11) is 0. The minimum Gasteiger partial charge on any atom is -0.334 e. The van der Waals surface area contributed by atoms with Gasteiger partial charge in [0.15, 0.2) is 10.8 Å². The Morgan fingerprint density at radius 2 is 2.12 bits per heavy atom. The van der Waals surface area contributed by atoms with Crippen molar-refractivity contribution >= 4 is 40.3 Å². The fourth-order valence-corrected chi connectivity index (χ4v) is 3.22. The van der Waals surface area contributed by atoms with Crippen LogP contribution in [0.2, 0.25) is 0 Å². The van der Waals surface area contributed by atoms with Gasteiger partial charge in [-0.1, -0.05) is 36.0 Å². The van der Waals surface area contributed by atoms with Crippen LogP contribution < -0.4 is 10.6 Å². The van der Waals surface area contributed by atoms with Gasteiger partial charge in [0.2, 0.25) is 5.91 Å². The average Bonchev–Trinajstić information content (AvgIpc) is 3.01. The molecule has 0 bridgehead atoms. The van der Waals surface area contributed by atoms with Crippen LogP contribution in [0, 0.1) is 6.92 Å². The number of urea groups is 1. The van der Waals surface area contributed by atoms with Gasteiger partial charge in [0.25, 0.3) is 0 Å². The minimum absolute atomic E-state index is 0.0600. The summed E-state index contributed by atoms with van der Waals surface area (Å²) < 4.78 is 1.91. The van der Waals surface area contributed by atoms with Crippen molar-refractivity contribution in [2.45, 2.75) is 12.1 Å². The number of aromatic nitrogens is 3. The van der Waals surface area contributed by atoms with Crippen molar-refractivity contribution in [1.82, 2.24) is 25.2 Å². The van der Waals surface area contributed by atoms with E-state index in [2.05, 4.69) is 27.4 Å². The lowest BCUT2D eigenvalue weighted by Gasteiger charge is -2.07. The number of pyridine rings is 1. The van der Waals surface area contributed by atoms with Crippen LogP contribution in [0.25, 0.3) is 16.6 Å². The van der Waals surface area contributed by atoms with Gasteiger partial charge in [-0.05, 0) is 24.6 Å². The molecule has 8 heteroatoms. The molecule has 0 atom stereocenters. The van der Waals surface area contributed by atoms with Crippen LogP contribution in [0.5, 0.6) is 0 Å². The molecule has 3 amide bonds. The Morgan fingerprint density at radius 3 is 2.92 bits per heavy atom. The molecule has 0 unspecified atom stereocenters. The molecule has 0 aliphatic heterocycles. The maximum Gasteiger partial charge on any atom is 0.321 e. The van der Waals surface area contributed by atoms with Crippen molar-refractivity contribution in [2.75, 3.05) is 12.3 Å². The maximum absolute atomic E-state index is 11.9. The van der Waals surface area contributed by atoms with E-state index in [1.807, 2.05) is 41.7 Å². The summed E-state index contributed by atoms with van der Waals surface area (Å²) in [6.07, 6.45) is 1.54. The number of hydrogen-bond donors (Lipinski definition) is 2. The molecule has 0 saturated heterocycles. The SMILES string of the molecule is C=CCNC(=O)NC(=O)CSc1nnc2cc(C)c3ccccc3n12. The molecule has 0 aliphatic carbocycles. The number of thioether (sulfide) groups is 1. The van der Waals surface area contributed by atoms with E-state index in [0.717, 1.165) is 22.1 Å². The van der Waals surface area contributed by atoms with Crippen LogP contribution in [0.15, 0.2) is 48.1 Å². The van der Waals surface area contributed by atoms with E-state index < -0.39 is 11.9 Å². The van der Waals surface area contributed by atoms with Gasteiger partial charge in [-0.2, -0.15) is 0 Å². The molecular weight excluding hydrogens is 338 g/mol. The third-order valence-corrected chi connectivity index (χ3v) is 4.50. The molecule has 3 rings (SSSR count). The van der Waals surface area contributed by atoms with Crippen molar-refractivity contribution < 1.29 is 9.59 Å². The molecule has 3 aromatic rings. The van der Waals surface area contributed by atoms with Gasteiger partial charge in [0.1, 0.15) is 0 Å². The van der Waals surface area contributed by atoms with Crippen molar-refractivity contribution in [1.29, 1.82) is 0 Å². The quantitative estimate of drug-likeness (QED) is 0.541. The van der Waals surface area contributed by atoms with Crippen LogP contribution in [0.3, 0.4) is 0 Å². The molecule has 0 saturated carbocycles. The molecule has 0 fully saturated rings. The lowest BCUT2D eigenvalue weighted by molar-refractivity contribution is -0.117. The van der Waals surface area contributed by atoms with Gasteiger partial charge in [-0.15, -0.1) is 16.8 Å². The number of benzene rings is 1. The molecule has 1 aromatic carbocycles. The molecular formula is C17H17N5O2S. The fraction of sp³-hybridized carbons (Fsp3) is 0.176. The highest BCUT2D eigenvalue weighted by molar-refractivity contribution is 7.99. The number of imide groups is 1. The number of amides is 3. The first-order valence-corrected chi connectivity index (χ1v) is 8.63. The smallest absolute Gasteiger partial charge is 0.321 e. The molecule has 2 heterocycles. The van der Waals surface area contributed by atoms with E-state index in [-0.39, 0.29) is 5.75 Å². The molecule has 2 N–H and O–H groups in total. The third-order valence-electron chi connectivity index (χ3n) is 3.57. The van der Waals surface area contributed by atoms with Crippen LogP contribution in [-0.2, 0) is 4.79 Å². The molecule has 25 heavy (non-hydrogen) atoms. The standard InChI is InChI=1S/C17H17N5O2S/c1-3-8-18-16(24)19-15(23)10-25-17-21-20-14-9-11(2)12-6-4-5-7-13(12)22(14)17/h3-7,9H,1,8,10H2,2H3,(H2,18,19,23,24). The Balaban J connectivity index is 1.78. The average molecular weight is 355 g/mol. The molecule has 7 nitrogen and oxygen atoms in total. The zero-order valence-corrected chi connectivity index (χ0v) is 14.5. The Hall–Kier alpha value is -2.87. The van der Waals surface area contributed by atoms with Crippen LogP contribution in [0.1, 0.15) is 5.56 Å². The monoisotopic (exact) mass is 355 g/mol. The lowest BCUT2D eigenvalue weighted by Crippen LogP contribution is -2.40. The second kappa shape index (κ2) is 7.35. The number of nitrogens with one attached hydrogen (secondary N) is 2. The van der Waals surface area contributed by atoms with Gasteiger partial charge in [-0.25, -0.2) is 4.79 Å². The van der Waals surface area contributed by atoms with Crippen molar-refractivity contribution in [3.63, 3.8) is 0 Å². The van der Waals surface area contributed by atoms with Gasteiger partial charge in [0, 0.05) is 11.9 Å². The first-order valence-electron chi connectivity index (χ1n) is 7.65. The summed E-state index contributed by atoms with van der Waals surface area (Å²) in [5, 5.41) is 14.8. The minimum atomic E-state index is -0.544. The number of fused-ring (bicyclic) bond motifs is 3. The van der Waals surface area contributed by atoms with E-state index in [4.69, 9.17) is 0 Å². The van der Waals surface area contributed by atoms with Gasteiger partial charge >= 0.3 is 6.03 Å². The lowest BCUT2D eigenvalue weighted by atomic mass is 10.1. The maximum atomic E-state index is 11.9. The Kier molecular flexibility index (Phi) is 4.99. The molecule has 128 valence electrons. The van der Waals surface area contributed by atoms with Crippen LogP contribution in [-0.4, -0.2) is 38.8 Å². The number of carbonyl (C=O) groups is 2. The second-order valence-electron chi connectivity index (χ2n) is 5.36. The summed E-state index contributed by atoms with van der Waals surface area (Å²) in [4.78, 5) is 23.4. The van der Waals surface area contributed by atoms with E-state index in [9.17, 15) is 9.59 Å². The highest BCUT2D eigenvalue weighted by Crippen LogP contribution is 2.25.